The van der Waals surface area contributed by atoms with Crippen LogP contribution < -0.4 is 10.2 Å². The number of carbonyl (C=O) groups is 1. The number of amides is 1. The molecular formula is C24H32ClN5O. The van der Waals surface area contributed by atoms with E-state index in [9.17, 15) is 4.79 Å². The molecule has 2 fully saturated rings. The smallest absolute Gasteiger partial charge is 0.271 e. The maximum absolute atomic E-state index is 12.9. The molecule has 7 heteroatoms. The lowest BCUT2D eigenvalue weighted by Gasteiger charge is -2.31. The van der Waals surface area contributed by atoms with E-state index < -0.39 is 0 Å². The molecule has 4 rings (SSSR count). The molecule has 1 aliphatic heterocycles. The van der Waals surface area contributed by atoms with Gasteiger partial charge in [0.2, 0.25) is 5.95 Å². The second kappa shape index (κ2) is 10.4. The van der Waals surface area contributed by atoms with Crippen molar-refractivity contribution in [2.75, 3.05) is 25.0 Å². The lowest BCUT2D eigenvalue weighted by atomic mass is 9.94. The molecule has 31 heavy (non-hydrogen) atoms. The van der Waals surface area contributed by atoms with Gasteiger partial charge in [0.05, 0.1) is 11.2 Å². The molecule has 1 saturated heterocycles. The van der Waals surface area contributed by atoms with E-state index in [-0.39, 0.29) is 16.6 Å². The average molecular weight is 442 g/mol. The van der Waals surface area contributed by atoms with Gasteiger partial charge in [0.25, 0.3) is 5.91 Å². The lowest BCUT2D eigenvalue weighted by Crippen LogP contribution is -2.33. The molecule has 6 nitrogen and oxygen atoms in total. The van der Waals surface area contributed by atoms with Crippen molar-refractivity contribution in [3.63, 3.8) is 0 Å². The summed E-state index contributed by atoms with van der Waals surface area (Å²) in [5.41, 5.74) is 2.63. The summed E-state index contributed by atoms with van der Waals surface area (Å²) >= 11 is 6.25. The fourth-order valence-corrected chi connectivity index (χ4v) is 4.83. The Kier molecular flexibility index (Phi) is 7.41. The number of nitrogens with zero attached hydrogens (tertiary/aromatic N) is 4. The van der Waals surface area contributed by atoms with Gasteiger partial charge < -0.3 is 10.2 Å². The second-order valence-corrected chi connectivity index (χ2v) is 9.13. The molecule has 1 aromatic carbocycles. The summed E-state index contributed by atoms with van der Waals surface area (Å²) in [6.45, 7) is 3.19. The molecule has 1 aromatic heterocycles. The monoisotopic (exact) mass is 441 g/mol. The molecule has 0 bridgehead atoms. The predicted octanol–water partition coefficient (Wildman–Crippen LogP) is 4.42. The van der Waals surface area contributed by atoms with Crippen molar-refractivity contribution in [1.82, 2.24) is 20.2 Å². The maximum Gasteiger partial charge on any atom is 0.271 e. The van der Waals surface area contributed by atoms with Crippen molar-refractivity contribution in [1.29, 1.82) is 0 Å². The second-order valence-electron chi connectivity index (χ2n) is 8.72. The van der Waals surface area contributed by atoms with Crippen molar-refractivity contribution in [2.45, 2.75) is 64.1 Å². The molecule has 1 saturated carbocycles. The van der Waals surface area contributed by atoms with E-state index in [1.807, 2.05) is 6.07 Å². The van der Waals surface area contributed by atoms with Crippen LogP contribution in [0.5, 0.6) is 0 Å². The van der Waals surface area contributed by atoms with Crippen molar-refractivity contribution < 1.29 is 4.79 Å². The van der Waals surface area contributed by atoms with Crippen LogP contribution in [0.25, 0.3) is 0 Å². The Morgan fingerprint density at radius 1 is 1.13 bits per heavy atom. The van der Waals surface area contributed by atoms with Gasteiger partial charge in [0.1, 0.15) is 0 Å². The minimum atomic E-state index is -0.261. The molecule has 1 amide bonds. The zero-order valence-electron chi connectivity index (χ0n) is 18.3. The summed E-state index contributed by atoms with van der Waals surface area (Å²) in [4.78, 5) is 26.2. The predicted molar refractivity (Wildman–Crippen MR) is 124 cm³/mol. The van der Waals surface area contributed by atoms with Crippen molar-refractivity contribution >= 4 is 23.5 Å². The average Bonchev–Trinajstić information content (AvgIpc) is 3.34. The molecule has 2 aliphatic rings. The number of nitrogens with one attached hydrogen (secondary N) is 1. The summed E-state index contributed by atoms with van der Waals surface area (Å²) in [5, 5.41) is 3.30. The van der Waals surface area contributed by atoms with Crippen LogP contribution in [0.2, 0.25) is 5.02 Å². The van der Waals surface area contributed by atoms with Crippen LogP contribution in [0.1, 0.15) is 66.6 Å². The summed E-state index contributed by atoms with van der Waals surface area (Å²) < 4.78 is 0. The molecule has 2 heterocycles. The largest absolute Gasteiger partial charge is 0.347 e. The van der Waals surface area contributed by atoms with Crippen molar-refractivity contribution in [2.24, 2.45) is 0 Å². The van der Waals surface area contributed by atoms with Crippen molar-refractivity contribution in [3.8, 4) is 0 Å². The zero-order chi connectivity index (χ0) is 21.6. The van der Waals surface area contributed by atoms with Crippen molar-refractivity contribution in [3.05, 3.63) is 52.3 Å². The molecule has 0 unspecified atom stereocenters. The number of hydrogen-bond donors (Lipinski definition) is 1. The normalized spacial score (nSPS) is 17.3. The van der Waals surface area contributed by atoms with Crippen LogP contribution in [0.3, 0.4) is 0 Å². The first-order valence-corrected chi connectivity index (χ1v) is 11.8. The third-order valence-electron chi connectivity index (χ3n) is 6.51. The van der Waals surface area contributed by atoms with Gasteiger partial charge >= 0.3 is 0 Å². The minimum Gasteiger partial charge on any atom is -0.347 e. The summed E-state index contributed by atoms with van der Waals surface area (Å²) in [7, 11) is 2.21. The maximum atomic E-state index is 12.9. The Bertz CT molecular complexity index is 893. The van der Waals surface area contributed by atoms with Gasteiger partial charge in [0.15, 0.2) is 5.69 Å². The summed E-state index contributed by atoms with van der Waals surface area (Å²) in [5.74, 6) is 0.324. The van der Waals surface area contributed by atoms with Gasteiger partial charge in [-0.3, -0.25) is 9.69 Å². The van der Waals surface area contributed by atoms with Crippen LogP contribution >= 0.6 is 11.6 Å². The van der Waals surface area contributed by atoms with E-state index in [1.165, 1.54) is 43.9 Å². The SMILES string of the molecule is CN(Cc1ccccc1CNC(=O)c1nc(N2CCCC2)ncc1Cl)C1CCCCC1. The van der Waals surface area contributed by atoms with Gasteiger partial charge in [-0.2, -0.15) is 0 Å². The number of anilines is 1. The Balaban J connectivity index is 1.41. The van der Waals surface area contributed by atoms with E-state index in [0.29, 0.717) is 18.5 Å². The first-order valence-electron chi connectivity index (χ1n) is 11.4. The Hall–Kier alpha value is -2.18. The van der Waals surface area contributed by atoms with E-state index in [0.717, 1.165) is 38.0 Å². The van der Waals surface area contributed by atoms with E-state index in [2.05, 4.69) is 50.3 Å². The first kappa shape index (κ1) is 22.0. The molecule has 0 spiro atoms. The lowest BCUT2D eigenvalue weighted by molar-refractivity contribution is 0.0945. The third kappa shape index (κ3) is 5.55. The third-order valence-corrected chi connectivity index (χ3v) is 6.79. The summed E-state index contributed by atoms with van der Waals surface area (Å²) in [6, 6.07) is 8.99. The number of rotatable bonds is 7. The van der Waals surface area contributed by atoms with Gasteiger partial charge in [0, 0.05) is 32.2 Å². The fraction of sp³-hybridized carbons (Fsp3) is 0.542. The number of benzene rings is 1. The quantitative estimate of drug-likeness (QED) is 0.688. The molecule has 1 N–H and O–H groups in total. The zero-order valence-corrected chi connectivity index (χ0v) is 19.1. The first-order chi connectivity index (χ1) is 15.1. The molecular weight excluding hydrogens is 410 g/mol. The fourth-order valence-electron chi connectivity index (χ4n) is 4.65. The van der Waals surface area contributed by atoms with Crippen LogP contribution in [0, 0.1) is 0 Å². The number of hydrogen-bond acceptors (Lipinski definition) is 5. The highest BCUT2D eigenvalue weighted by Gasteiger charge is 2.21. The van der Waals surface area contributed by atoms with Crippen LogP contribution in [-0.2, 0) is 13.1 Å². The van der Waals surface area contributed by atoms with Gasteiger partial charge in [-0.05, 0) is 43.9 Å². The number of halogens is 1. The standard InChI is InChI=1S/C24H32ClN5O/c1-29(20-11-3-2-4-12-20)17-19-10-6-5-9-18(19)15-26-23(31)22-21(25)16-27-24(28-22)30-13-7-8-14-30/h5-6,9-10,16,20H,2-4,7-8,11-15,17H2,1H3,(H,26,31). The molecule has 166 valence electrons. The Morgan fingerprint density at radius 2 is 1.84 bits per heavy atom. The van der Waals surface area contributed by atoms with Crippen LogP contribution in [0.15, 0.2) is 30.5 Å². The van der Waals surface area contributed by atoms with Gasteiger partial charge in [-0.1, -0.05) is 55.1 Å². The minimum absolute atomic E-state index is 0.246. The van der Waals surface area contributed by atoms with E-state index in [1.54, 1.807) is 0 Å². The molecule has 0 radical (unpaired) electrons. The van der Waals surface area contributed by atoms with Crippen LogP contribution in [0.4, 0.5) is 5.95 Å². The Morgan fingerprint density at radius 3 is 2.58 bits per heavy atom. The van der Waals surface area contributed by atoms with E-state index in [4.69, 9.17) is 11.6 Å². The Labute approximate surface area is 190 Å². The van der Waals surface area contributed by atoms with Gasteiger partial charge in [-0.15, -0.1) is 0 Å². The highest BCUT2D eigenvalue weighted by atomic mass is 35.5. The topological polar surface area (TPSA) is 61.4 Å². The van der Waals surface area contributed by atoms with Gasteiger partial charge in [-0.25, -0.2) is 9.97 Å². The molecule has 1 aliphatic carbocycles. The highest BCUT2D eigenvalue weighted by molar-refractivity contribution is 6.33. The van der Waals surface area contributed by atoms with E-state index >= 15 is 0 Å². The number of aromatic nitrogens is 2. The number of carbonyl (C=O) groups excluding carboxylic acids is 1. The van der Waals surface area contributed by atoms with Crippen LogP contribution in [-0.4, -0.2) is 47.0 Å². The summed E-state index contributed by atoms with van der Waals surface area (Å²) in [6.07, 6.45) is 10.3. The molecule has 0 atom stereocenters. The highest BCUT2D eigenvalue weighted by Crippen LogP contribution is 2.24. The molecule has 2 aromatic rings.